The lowest BCUT2D eigenvalue weighted by atomic mass is 10.2. The third-order valence-corrected chi connectivity index (χ3v) is 4.07. The van der Waals surface area contributed by atoms with Crippen LogP contribution in [0.1, 0.15) is 12.8 Å². The van der Waals surface area contributed by atoms with Gasteiger partial charge in [-0.05, 0) is 12.8 Å². The summed E-state index contributed by atoms with van der Waals surface area (Å²) in [6.45, 7) is 5.32. The first-order valence-electron chi connectivity index (χ1n) is 7.16. The van der Waals surface area contributed by atoms with E-state index < -0.39 is 0 Å². The fourth-order valence-electron chi connectivity index (χ4n) is 2.66. The van der Waals surface area contributed by atoms with Crippen LogP contribution in [0, 0.1) is 5.92 Å². The van der Waals surface area contributed by atoms with Crippen molar-refractivity contribution in [2.75, 3.05) is 52.5 Å². The Kier molecular flexibility index (Phi) is 3.59. The molecule has 106 valence electrons. The zero-order valence-corrected chi connectivity index (χ0v) is 11.2. The van der Waals surface area contributed by atoms with Crippen molar-refractivity contribution < 1.29 is 14.3 Å². The Morgan fingerprint density at radius 2 is 1.32 bits per heavy atom. The van der Waals surface area contributed by atoms with Gasteiger partial charge in [0, 0.05) is 45.2 Å². The summed E-state index contributed by atoms with van der Waals surface area (Å²) in [6.07, 6.45) is 2.09. The van der Waals surface area contributed by atoms with Gasteiger partial charge in [0.05, 0.1) is 13.2 Å². The zero-order chi connectivity index (χ0) is 13.2. The largest absolute Gasteiger partial charge is 0.378 e. The van der Waals surface area contributed by atoms with Gasteiger partial charge >= 0.3 is 6.03 Å². The molecule has 0 N–H and O–H groups in total. The average Bonchev–Trinajstić information content (AvgIpc) is 3.31. The van der Waals surface area contributed by atoms with Crippen molar-refractivity contribution in [1.29, 1.82) is 0 Å². The van der Waals surface area contributed by atoms with Crippen LogP contribution in [0.15, 0.2) is 0 Å². The summed E-state index contributed by atoms with van der Waals surface area (Å²) in [5.74, 6) is 0.569. The van der Waals surface area contributed by atoms with Gasteiger partial charge in [-0.1, -0.05) is 0 Å². The summed E-state index contributed by atoms with van der Waals surface area (Å²) in [7, 11) is 0. The molecule has 0 unspecified atom stereocenters. The van der Waals surface area contributed by atoms with Crippen LogP contribution in [0.25, 0.3) is 0 Å². The maximum absolute atomic E-state index is 12.3. The highest BCUT2D eigenvalue weighted by atomic mass is 16.5. The number of ether oxygens (including phenoxy) is 1. The van der Waals surface area contributed by atoms with E-state index in [4.69, 9.17) is 4.74 Å². The molecule has 0 radical (unpaired) electrons. The number of carbonyl (C=O) groups excluding carboxylic acids is 2. The maximum Gasteiger partial charge on any atom is 0.320 e. The maximum atomic E-state index is 12.3. The van der Waals surface area contributed by atoms with E-state index in [0.717, 1.165) is 12.8 Å². The lowest BCUT2D eigenvalue weighted by Gasteiger charge is -2.38. The Labute approximate surface area is 113 Å². The molecule has 3 fully saturated rings. The molecular formula is C13H21N3O3. The highest BCUT2D eigenvalue weighted by Gasteiger charge is 2.35. The minimum atomic E-state index is 0.0989. The number of piperazine rings is 1. The highest BCUT2D eigenvalue weighted by molar-refractivity contribution is 5.81. The first kappa shape index (κ1) is 12.7. The topological polar surface area (TPSA) is 53.1 Å². The molecule has 3 aliphatic rings. The lowest BCUT2D eigenvalue weighted by Crippen LogP contribution is -2.55. The molecule has 19 heavy (non-hydrogen) atoms. The summed E-state index contributed by atoms with van der Waals surface area (Å²) in [5.41, 5.74) is 0. The Balaban J connectivity index is 1.48. The van der Waals surface area contributed by atoms with Crippen molar-refractivity contribution in [1.82, 2.24) is 14.7 Å². The second-order valence-corrected chi connectivity index (χ2v) is 5.47. The molecule has 0 bridgehead atoms. The molecule has 2 saturated heterocycles. The smallest absolute Gasteiger partial charge is 0.320 e. The molecular weight excluding hydrogens is 246 g/mol. The molecule has 0 aromatic rings. The number of nitrogens with zero attached hydrogens (tertiary/aromatic N) is 3. The monoisotopic (exact) mass is 267 g/mol. The van der Waals surface area contributed by atoms with Gasteiger partial charge in [-0.15, -0.1) is 0 Å². The van der Waals surface area contributed by atoms with E-state index >= 15 is 0 Å². The van der Waals surface area contributed by atoms with Gasteiger partial charge in [-0.2, -0.15) is 0 Å². The minimum Gasteiger partial charge on any atom is -0.378 e. The van der Waals surface area contributed by atoms with Crippen LogP contribution >= 0.6 is 0 Å². The number of hydrogen-bond acceptors (Lipinski definition) is 3. The average molecular weight is 267 g/mol. The van der Waals surface area contributed by atoms with Gasteiger partial charge in [0.2, 0.25) is 5.91 Å². The van der Waals surface area contributed by atoms with Crippen molar-refractivity contribution in [3.05, 3.63) is 0 Å². The molecule has 6 nitrogen and oxygen atoms in total. The molecule has 0 spiro atoms. The quantitative estimate of drug-likeness (QED) is 0.671. The number of urea groups is 1. The molecule has 2 aliphatic heterocycles. The van der Waals surface area contributed by atoms with Crippen molar-refractivity contribution in [2.45, 2.75) is 12.8 Å². The number of amides is 3. The van der Waals surface area contributed by atoms with Crippen molar-refractivity contribution >= 4 is 11.9 Å². The van der Waals surface area contributed by atoms with Crippen LogP contribution in [-0.2, 0) is 9.53 Å². The normalized spacial score (nSPS) is 24.5. The van der Waals surface area contributed by atoms with Gasteiger partial charge in [0.1, 0.15) is 0 Å². The third kappa shape index (κ3) is 2.83. The minimum absolute atomic E-state index is 0.0989. The van der Waals surface area contributed by atoms with Crippen LogP contribution in [0.4, 0.5) is 4.79 Å². The highest BCUT2D eigenvalue weighted by Crippen LogP contribution is 2.31. The molecule has 0 aromatic heterocycles. The van der Waals surface area contributed by atoms with Crippen molar-refractivity contribution in [2.24, 2.45) is 5.92 Å². The molecule has 3 amide bonds. The summed E-state index contributed by atoms with van der Waals surface area (Å²) in [6, 6.07) is 0.0989. The van der Waals surface area contributed by atoms with E-state index in [1.54, 1.807) is 0 Å². The predicted octanol–water partition coefficient (Wildman–Crippen LogP) is -0.00720. The molecule has 0 atom stereocenters. The van der Waals surface area contributed by atoms with E-state index in [1.165, 1.54) is 0 Å². The Morgan fingerprint density at radius 3 is 1.89 bits per heavy atom. The second-order valence-electron chi connectivity index (χ2n) is 5.47. The summed E-state index contributed by atoms with van der Waals surface area (Å²) in [4.78, 5) is 29.8. The van der Waals surface area contributed by atoms with Crippen molar-refractivity contribution in [3.8, 4) is 0 Å². The Bertz CT molecular complexity index is 356. The van der Waals surface area contributed by atoms with E-state index in [1.807, 2.05) is 14.7 Å². The first-order valence-corrected chi connectivity index (χ1v) is 7.16. The Morgan fingerprint density at radius 1 is 0.789 bits per heavy atom. The summed E-state index contributed by atoms with van der Waals surface area (Å²) < 4.78 is 5.25. The summed E-state index contributed by atoms with van der Waals surface area (Å²) >= 11 is 0. The molecule has 1 saturated carbocycles. The van der Waals surface area contributed by atoms with Crippen molar-refractivity contribution in [3.63, 3.8) is 0 Å². The van der Waals surface area contributed by atoms with Gasteiger partial charge in [-0.25, -0.2) is 4.79 Å². The van der Waals surface area contributed by atoms with Gasteiger partial charge in [-0.3, -0.25) is 4.79 Å². The van der Waals surface area contributed by atoms with E-state index in [-0.39, 0.29) is 11.9 Å². The van der Waals surface area contributed by atoms with Crippen LogP contribution < -0.4 is 0 Å². The third-order valence-electron chi connectivity index (χ3n) is 4.07. The van der Waals surface area contributed by atoms with Crippen LogP contribution in [0.5, 0.6) is 0 Å². The molecule has 2 heterocycles. The SMILES string of the molecule is O=C(C1CC1)N1CCN(C(=O)N2CCOCC2)CC1. The van der Waals surface area contributed by atoms with Crippen LogP contribution in [-0.4, -0.2) is 79.1 Å². The fraction of sp³-hybridized carbons (Fsp3) is 0.846. The van der Waals surface area contributed by atoms with E-state index in [2.05, 4.69) is 0 Å². The number of carbonyl (C=O) groups is 2. The number of hydrogen-bond donors (Lipinski definition) is 0. The molecule has 3 rings (SSSR count). The molecule has 1 aliphatic carbocycles. The van der Waals surface area contributed by atoms with E-state index in [0.29, 0.717) is 58.4 Å². The zero-order valence-electron chi connectivity index (χ0n) is 11.2. The van der Waals surface area contributed by atoms with Gasteiger partial charge in [0.15, 0.2) is 0 Å². The predicted molar refractivity (Wildman–Crippen MR) is 68.7 cm³/mol. The van der Waals surface area contributed by atoms with Gasteiger partial charge in [0.25, 0.3) is 0 Å². The molecule has 6 heteroatoms. The Hall–Kier alpha value is -1.30. The summed E-state index contributed by atoms with van der Waals surface area (Å²) in [5, 5.41) is 0. The number of rotatable bonds is 1. The number of morpholine rings is 1. The standard InChI is InChI=1S/C13H21N3O3/c17-12(11-1-2-11)14-3-5-15(6-4-14)13(18)16-7-9-19-10-8-16/h11H,1-10H2. The lowest BCUT2D eigenvalue weighted by molar-refractivity contribution is -0.134. The molecule has 0 aromatic carbocycles. The van der Waals surface area contributed by atoms with Crippen LogP contribution in [0.2, 0.25) is 0 Å². The first-order chi connectivity index (χ1) is 9.25. The van der Waals surface area contributed by atoms with Gasteiger partial charge < -0.3 is 19.4 Å². The fourth-order valence-corrected chi connectivity index (χ4v) is 2.66. The van der Waals surface area contributed by atoms with Crippen LogP contribution in [0.3, 0.4) is 0 Å². The second kappa shape index (κ2) is 5.36. The van der Waals surface area contributed by atoms with E-state index in [9.17, 15) is 9.59 Å².